The van der Waals surface area contributed by atoms with Crippen molar-refractivity contribution in [1.82, 2.24) is 15.0 Å². The Morgan fingerprint density at radius 3 is 1.28 bits per heavy atom. The molecule has 5 rings (SSSR count). The van der Waals surface area contributed by atoms with Gasteiger partial charge in [-0.3, -0.25) is 0 Å². The Kier molecular flexibility index (Phi) is 5.54. The highest BCUT2D eigenvalue weighted by atomic mass is 15.0. The predicted octanol–water partition coefficient (Wildman–Crippen LogP) is 7.10. The minimum atomic E-state index is 0.703. The molecule has 154 valence electrons. The molecule has 0 aliphatic rings. The number of aryl methyl sites for hydroxylation is 1. The van der Waals surface area contributed by atoms with E-state index in [4.69, 9.17) is 15.0 Å². The van der Waals surface area contributed by atoms with Gasteiger partial charge in [-0.15, -0.1) is 0 Å². The van der Waals surface area contributed by atoms with E-state index in [2.05, 4.69) is 104 Å². The van der Waals surface area contributed by atoms with E-state index in [1.807, 2.05) is 12.1 Å². The van der Waals surface area contributed by atoms with E-state index in [0.29, 0.717) is 11.6 Å². The summed E-state index contributed by atoms with van der Waals surface area (Å²) in [6.45, 7) is 2.07. The third kappa shape index (κ3) is 4.19. The zero-order valence-electron chi connectivity index (χ0n) is 17.9. The Morgan fingerprint density at radius 1 is 0.438 bits per heavy atom. The molecule has 0 aliphatic heterocycles. The van der Waals surface area contributed by atoms with Crippen LogP contribution in [-0.2, 0) is 6.42 Å². The summed E-state index contributed by atoms with van der Waals surface area (Å²) in [6.07, 6.45) is 0.749. The summed E-state index contributed by atoms with van der Waals surface area (Å²) in [5.41, 5.74) is 6.63. The van der Waals surface area contributed by atoms with Crippen molar-refractivity contribution in [3.63, 3.8) is 0 Å². The smallest absolute Gasteiger partial charge is 0.163 e. The van der Waals surface area contributed by atoms with Crippen molar-refractivity contribution >= 4 is 0 Å². The van der Waals surface area contributed by atoms with Crippen LogP contribution in [0, 0.1) is 0 Å². The van der Waals surface area contributed by atoms with E-state index in [9.17, 15) is 0 Å². The lowest BCUT2D eigenvalue weighted by Gasteiger charge is -2.09. The molecule has 0 fully saturated rings. The zero-order valence-corrected chi connectivity index (χ0v) is 17.9. The molecule has 5 aromatic rings. The monoisotopic (exact) mass is 413 g/mol. The summed E-state index contributed by atoms with van der Waals surface area (Å²) >= 11 is 0. The molecule has 0 unspecified atom stereocenters. The first kappa shape index (κ1) is 19.8. The van der Waals surface area contributed by atoms with E-state index < -0.39 is 0 Å². The van der Waals surface area contributed by atoms with Crippen LogP contribution in [0.4, 0.5) is 0 Å². The summed E-state index contributed by atoms with van der Waals surface area (Å²) in [7, 11) is 0. The highest BCUT2D eigenvalue weighted by Crippen LogP contribution is 2.28. The minimum Gasteiger partial charge on any atom is -0.213 e. The molecule has 3 heteroatoms. The molecule has 0 aliphatic carbocycles. The van der Waals surface area contributed by atoms with Crippen molar-refractivity contribution in [2.24, 2.45) is 0 Å². The topological polar surface area (TPSA) is 38.7 Å². The van der Waals surface area contributed by atoms with E-state index in [1.165, 1.54) is 11.1 Å². The first-order valence-corrected chi connectivity index (χ1v) is 10.9. The number of hydrogen-bond acceptors (Lipinski definition) is 3. The van der Waals surface area contributed by atoms with Gasteiger partial charge in [-0.2, -0.15) is 0 Å². The second-order valence-electron chi connectivity index (χ2n) is 7.65. The molecular formula is C29H23N3. The van der Waals surface area contributed by atoms with Gasteiger partial charge in [0.1, 0.15) is 5.82 Å². The van der Waals surface area contributed by atoms with Crippen LogP contribution in [0.3, 0.4) is 0 Å². The van der Waals surface area contributed by atoms with Crippen molar-refractivity contribution in [3.05, 3.63) is 115 Å². The van der Waals surface area contributed by atoms with Gasteiger partial charge in [0, 0.05) is 17.5 Å². The molecule has 0 amide bonds. The third-order valence-corrected chi connectivity index (χ3v) is 5.45. The van der Waals surface area contributed by atoms with Crippen molar-refractivity contribution < 1.29 is 0 Å². The Labute approximate surface area is 188 Å². The van der Waals surface area contributed by atoms with Crippen molar-refractivity contribution in [2.75, 3.05) is 0 Å². The van der Waals surface area contributed by atoms with Crippen LogP contribution in [0.1, 0.15) is 12.7 Å². The maximum Gasteiger partial charge on any atom is 0.163 e. The third-order valence-electron chi connectivity index (χ3n) is 5.45. The lowest BCUT2D eigenvalue weighted by molar-refractivity contribution is 0.910. The summed E-state index contributed by atoms with van der Waals surface area (Å²) < 4.78 is 0. The number of nitrogens with zero attached hydrogens (tertiary/aromatic N) is 3. The van der Waals surface area contributed by atoms with Crippen LogP contribution in [0.5, 0.6) is 0 Å². The van der Waals surface area contributed by atoms with Crippen LogP contribution >= 0.6 is 0 Å². The quantitative estimate of drug-likeness (QED) is 0.308. The van der Waals surface area contributed by atoms with Gasteiger partial charge in [-0.1, -0.05) is 104 Å². The van der Waals surface area contributed by atoms with Crippen LogP contribution in [0.15, 0.2) is 109 Å². The normalized spacial score (nSPS) is 10.8. The Morgan fingerprint density at radius 2 is 0.844 bits per heavy atom. The Bertz CT molecular complexity index is 1240. The molecule has 0 saturated heterocycles. The van der Waals surface area contributed by atoms with Gasteiger partial charge in [0.15, 0.2) is 11.6 Å². The zero-order chi connectivity index (χ0) is 21.8. The van der Waals surface area contributed by atoms with E-state index >= 15 is 0 Å². The summed E-state index contributed by atoms with van der Waals surface area (Å²) in [6, 6.07) is 37.5. The standard InChI is InChI=1S/C29H23N3/c1-2-27-30-28(25-17-9-15-23(19-25)21-11-5-3-6-12-21)32-29(31-27)26-18-10-16-24(20-26)22-13-7-4-8-14-22/h3-20H,2H2,1H3. The second kappa shape index (κ2) is 8.94. The predicted molar refractivity (Wildman–Crippen MR) is 131 cm³/mol. The van der Waals surface area contributed by atoms with Gasteiger partial charge in [-0.05, 0) is 34.4 Å². The van der Waals surface area contributed by atoms with Gasteiger partial charge in [0.25, 0.3) is 0 Å². The van der Waals surface area contributed by atoms with Gasteiger partial charge in [-0.25, -0.2) is 15.0 Å². The van der Waals surface area contributed by atoms with Crippen LogP contribution in [0.2, 0.25) is 0 Å². The number of hydrogen-bond donors (Lipinski definition) is 0. The van der Waals surface area contributed by atoms with Crippen molar-refractivity contribution in [1.29, 1.82) is 0 Å². The molecular weight excluding hydrogens is 390 g/mol. The highest BCUT2D eigenvalue weighted by Gasteiger charge is 2.11. The molecule has 0 radical (unpaired) electrons. The molecule has 32 heavy (non-hydrogen) atoms. The largest absolute Gasteiger partial charge is 0.213 e. The molecule has 3 nitrogen and oxygen atoms in total. The fraction of sp³-hybridized carbons (Fsp3) is 0.0690. The molecule has 0 atom stereocenters. The second-order valence-corrected chi connectivity index (χ2v) is 7.65. The van der Waals surface area contributed by atoms with Gasteiger partial charge < -0.3 is 0 Å². The number of benzene rings is 4. The Balaban J connectivity index is 1.58. The first-order valence-electron chi connectivity index (χ1n) is 10.9. The maximum absolute atomic E-state index is 4.87. The maximum atomic E-state index is 4.87. The minimum absolute atomic E-state index is 0.703. The van der Waals surface area contributed by atoms with Gasteiger partial charge in [0.05, 0.1) is 0 Å². The molecule has 0 N–H and O–H groups in total. The molecule has 4 aromatic carbocycles. The van der Waals surface area contributed by atoms with E-state index in [0.717, 1.165) is 34.5 Å². The summed E-state index contributed by atoms with van der Waals surface area (Å²) in [5, 5.41) is 0. The van der Waals surface area contributed by atoms with E-state index in [-0.39, 0.29) is 0 Å². The molecule has 1 aromatic heterocycles. The van der Waals surface area contributed by atoms with Crippen LogP contribution in [0.25, 0.3) is 45.0 Å². The lowest BCUT2D eigenvalue weighted by atomic mass is 10.0. The molecule has 0 saturated carbocycles. The first-order chi connectivity index (χ1) is 15.8. The van der Waals surface area contributed by atoms with Gasteiger partial charge in [0.2, 0.25) is 0 Å². The fourth-order valence-corrected chi connectivity index (χ4v) is 3.77. The van der Waals surface area contributed by atoms with Crippen LogP contribution < -0.4 is 0 Å². The number of rotatable bonds is 5. The highest BCUT2D eigenvalue weighted by molar-refractivity contribution is 5.73. The fourth-order valence-electron chi connectivity index (χ4n) is 3.77. The SMILES string of the molecule is CCc1nc(-c2cccc(-c3ccccc3)c2)nc(-c2cccc(-c3ccccc3)c2)n1. The molecule has 0 spiro atoms. The molecule has 0 bridgehead atoms. The summed E-state index contributed by atoms with van der Waals surface area (Å²) in [5.74, 6) is 2.20. The van der Waals surface area contributed by atoms with E-state index in [1.54, 1.807) is 0 Å². The van der Waals surface area contributed by atoms with Crippen LogP contribution in [-0.4, -0.2) is 15.0 Å². The lowest BCUT2D eigenvalue weighted by Crippen LogP contribution is -2.02. The van der Waals surface area contributed by atoms with Crippen molar-refractivity contribution in [2.45, 2.75) is 13.3 Å². The van der Waals surface area contributed by atoms with Gasteiger partial charge >= 0.3 is 0 Å². The number of aromatic nitrogens is 3. The average molecular weight is 414 g/mol. The van der Waals surface area contributed by atoms with Crippen molar-refractivity contribution in [3.8, 4) is 45.0 Å². The molecule has 1 heterocycles. The average Bonchev–Trinajstić information content (AvgIpc) is 2.89. The Hall–Kier alpha value is -4.11. The summed E-state index contributed by atoms with van der Waals surface area (Å²) in [4.78, 5) is 14.4.